The third kappa shape index (κ3) is 3.56. The summed E-state index contributed by atoms with van der Waals surface area (Å²) in [6.45, 7) is 5.96. The molecule has 1 fully saturated rings. The van der Waals surface area contributed by atoms with Crippen LogP contribution >= 0.6 is 0 Å². The first-order chi connectivity index (χ1) is 8.69. The predicted molar refractivity (Wildman–Crippen MR) is 74.6 cm³/mol. The molecule has 1 saturated heterocycles. The Morgan fingerprint density at radius 1 is 1.56 bits per heavy atom. The SMILES string of the molecule is CNC(C)C1CCCN(CCc2cnn(C)c2)C1. The number of nitrogens with one attached hydrogen (secondary N) is 1. The van der Waals surface area contributed by atoms with E-state index >= 15 is 0 Å². The minimum atomic E-state index is 0.631. The molecule has 0 radical (unpaired) electrons. The van der Waals surface area contributed by atoms with Crippen molar-refractivity contribution in [3.8, 4) is 0 Å². The number of nitrogens with zero attached hydrogens (tertiary/aromatic N) is 3. The molecular formula is C14H26N4. The first-order valence-corrected chi connectivity index (χ1v) is 7.06. The number of aryl methyl sites for hydroxylation is 1. The molecule has 2 heterocycles. The maximum absolute atomic E-state index is 4.22. The lowest BCUT2D eigenvalue weighted by Gasteiger charge is -2.35. The molecule has 0 bridgehead atoms. The van der Waals surface area contributed by atoms with Crippen molar-refractivity contribution in [1.29, 1.82) is 0 Å². The third-order valence-electron chi connectivity index (χ3n) is 4.18. The molecule has 1 aliphatic heterocycles. The van der Waals surface area contributed by atoms with Gasteiger partial charge in [-0.3, -0.25) is 4.68 Å². The molecule has 4 heteroatoms. The van der Waals surface area contributed by atoms with Crippen molar-refractivity contribution in [2.45, 2.75) is 32.2 Å². The van der Waals surface area contributed by atoms with Gasteiger partial charge in [-0.2, -0.15) is 5.10 Å². The molecule has 2 unspecified atom stereocenters. The highest BCUT2D eigenvalue weighted by atomic mass is 15.2. The minimum absolute atomic E-state index is 0.631. The second-order valence-electron chi connectivity index (χ2n) is 5.55. The van der Waals surface area contributed by atoms with Crippen molar-refractivity contribution in [1.82, 2.24) is 20.0 Å². The van der Waals surface area contributed by atoms with Crippen molar-refractivity contribution >= 4 is 0 Å². The Labute approximate surface area is 110 Å². The molecule has 18 heavy (non-hydrogen) atoms. The lowest BCUT2D eigenvalue weighted by Crippen LogP contribution is -2.44. The van der Waals surface area contributed by atoms with Gasteiger partial charge in [0.05, 0.1) is 6.20 Å². The molecule has 1 aliphatic rings. The zero-order valence-corrected chi connectivity index (χ0v) is 11.9. The molecule has 102 valence electrons. The average Bonchev–Trinajstić information content (AvgIpc) is 2.81. The number of rotatable bonds is 5. The van der Waals surface area contributed by atoms with E-state index in [0.29, 0.717) is 6.04 Å². The summed E-state index contributed by atoms with van der Waals surface area (Å²) in [7, 11) is 4.05. The zero-order chi connectivity index (χ0) is 13.0. The lowest BCUT2D eigenvalue weighted by atomic mass is 9.91. The van der Waals surface area contributed by atoms with E-state index in [1.54, 1.807) is 0 Å². The van der Waals surface area contributed by atoms with Gasteiger partial charge in [-0.1, -0.05) is 0 Å². The second-order valence-corrected chi connectivity index (χ2v) is 5.55. The smallest absolute Gasteiger partial charge is 0.0522 e. The van der Waals surface area contributed by atoms with E-state index in [1.807, 2.05) is 17.9 Å². The van der Waals surface area contributed by atoms with Crippen LogP contribution in [0, 0.1) is 5.92 Å². The van der Waals surface area contributed by atoms with Gasteiger partial charge in [0.2, 0.25) is 0 Å². The van der Waals surface area contributed by atoms with Gasteiger partial charge in [0, 0.05) is 32.4 Å². The summed E-state index contributed by atoms with van der Waals surface area (Å²) < 4.78 is 1.89. The summed E-state index contributed by atoms with van der Waals surface area (Å²) in [5.74, 6) is 0.803. The van der Waals surface area contributed by atoms with E-state index in [4.69, 9.17) is 0 Å². The predicted octanol–water partition coefficient (Wildman–Crippen LogP) is 1.28. The van der Waals surface area contributed by atoms with Crippen molar-refractivity contribution in [3.05, 3.63) is 18.0 Å². The molecule has 2 atom stereocenters. The van der Waals surface area contributed by atoms with Crippen LogP contribution in [0.1, 0.15) is 25.3 Å². The Morgan fingerprint density at radius 3 is 3.06 bits per heavy atom. The summed E-state index contributed by atoms with van der Waals surface area (Å²) in [6.07, 6.45) is 7.93. The Hall–Kier alpha value is -0.870. The normalized spacial score (nSPS) is 23.2. The van der Waals surface area contributed by atoms with E-state index in [9.17, 15) is 0 Å². The summed E-state index contributed by atoms with van der Waals surface area (Å²) >= 11 is 0. The topological polar surface area (TPSA) is 33.1 Å². The summed E-state index contributed by atoms with van der Waals surface area (Å²) in [5.41, 5.74) is 1.35. The maximum Gasteiger partial charge on any atom is 0.0522 e. The highest BCUT2D eigenvalue weighted by Crippen LogP contribution is 2.19. The van der Waals surface area contributed by atoms with E-state index in [1.165, 1.54) is 38.0 Å². The van der Waals surface area contributed by atoms with Crippen LogP contribution in [-0.4, -0.2) is 47.4 Å². The van der Waals surface area contributed by atoms with Crippen LogP contribution in [0.2, 0.25) is 0 Å². The summed E-state index contributed by atoms with van der Waals surface area (Å²) in [5, 5.41) is 7.62. The largest absolute Gasteiger partial charge is 0.317 e. The fourth-order valence-corrected chi connectivity index (χ4v) is 2.83. The third-order valence-corrected chi connectivity index (χ3v) is 4.18. The van der Waals surface area contributed by atoms with Crippen LogP contribution < -0.4 is 5.32 Å². The molecule has 4 nitrogen and oxygen atoms in total. The average molecular weight is 250 g/mol. The van der Waals surface area contributed by atoms with Crippen molar-refractivity contribution in [2.24, 2.45) is 13.0 Å². The minimum Gasteiger partial charge on any atom is -0.317 e. The summed E-state index contributed by atoms with van der Waals surface area (Å²) in [4.78, 5) is 2.61. The number of piperidine rings is 1. The van der Waals surface area contributed by atoms with Crippen LogP contribution in [0.4, 0.5) is 0 Å². The molecule has 0 amide bonds. The van der Waals surface area contributed by atoms with Crippen LogP contribution in [0.25, 0.3) is 0 Å². The van der Waals surface area contributed by atoms with Crippen LogP contribution in [0.15, 0.2) is 12.4 Å². The van der Waals surface area contributed by atoms with E-state index in [-0.39, 0.29) is 0 Å². The number of hydrogen-bond donors (Lipinski definition) is 1. The molecule has 0 aromatic carbocycles. The van der Waals surface area contributed by atoms with Gasteiger partial charge >= 0.3 is 0 Å². The van der Waals surface area contributed by atoms with Gasteiger partial charge in [-0.15, -0.1) is 0 Å². The van der Waals surface area contributed by atoms with Crippen molar-refractivity contribution in [3.63, 3.8) is 0 Å². The highest BCUT2D eigenvalue weighted by molar-refractivity contribution is 5.04. The molecular weight excluding hydrogens is 224 g/mol. The van der Waals surface area contributed by atoms with E-state index < -0.39 is 0 Å². The second kappa shape index (κ2) is 6.34. The van der Waals surface area contributed by atoms with Crippen molar-refractivity contribution in [2.75, 3.05) is 26.7 Å². The molecule has 1 N–H and O–H groups in total. The van der Waals surface area contributed by atoms with Gasteiger partial charge in [-0.05, 0) is 51.3 Å². The standard InChI is InChI=1S/C14H26N4/c1-12(15-2)14-5-4-7-18(11-14)8-6-13-9-16-17(3)10-13/h9-10,12,14-15H,4-8,11H2,1-3H3. The van der Waals surface area contributed by atoms with E-state index in [0.717, 1.165) is 12.3 Å². The Bertz CT molecular complexity index is 360. The van der Waals surface area contributed by atoms with Gasteiger partial charge in [0.25, 0.3) is 0 Å². The van der Waals surface area contributed by atoms with Gasteiger partial charge in [0.1, 0.15) is 0 Å². The molecule has 2 rings (SSSR count). The fraction of sp³-hybridized carbons (Fsp3) is 0.786. The fourth-order valence-electron chi connectivity index (χ4n) is 2.83. The highest BCUT2D eigenvalue weighted by Gasteiger charge is 2.23. The molecule has 1 aromatic rings. The number of aromatic nitrogens is 2. The number of hydrogen-bond acceptors (Lipinski definition) is 3. The quantitative estimate of drug-likeness (QED) is 0.854. The van der Waals surface area contributed by atoms with Crippen LogP contribution in [-0.2, 0) is 13.5 Å². The lowest BCUT2D eigenvalue weighted by molar-refractivity contribution is 0.155. The monoisotopic (exact) mass is 250 g/mol. The summed E-state index contributed by atoms with van der Waals surface area (Å²) in [6, 6.07) is 0.631. The van der Waals surface area contributed by atoms with Gasteiger partial charge in [-0.25, -0.2) is 0 Å². The first kappa shape index (κ1) is 13.6. The molecule has 0 aliphatic carbocycles. The Kier molecular flexibility index (Phi) is 4.78. The van der Waals surface area contributed by atoms with Gasteiger partial charge in [0.15, 0.2) is 0 Å². The first-order valence-electron chi connectivity index (χ1n) is 7.06. The number of likely N-dealkylation sites (tertiary alicyclic amines) is 1. The maximum atomic E-state index is 4.22. The zero-order valence-electron chi connectivity index (χ0n) is 11.9. The Balaban J connectivity index is 1.79. The van der Waals surface area contributed by atoms with E-state index in [2.05, 4.69) is 35.5 Å². The molecule has 0 spiro atoms. The van der Waals surface area contributed by atoms with Crippen LogP contribution in [0.5, 0.6) is 0 Å². The van der Waals surface area contributed by atoms with Gasteiger partial charge < -0.3 is 10.2 Å². The molecule has 1 aromatic heterocycles. The van der Waals surface area contributed by atoms with Crippen LogP contribution in [0.3, 0.4) is 0 Å². The Morgan fingerprint density at radius 2 is 2.39 bits per heavy atom. The van der Waals surface area contributed by atoms with Crippen molar-refractivity contribution < 1.29 is 0 Å². The molecule has 0 saturated carbocycles.